The van der Waals surface area contributed by atoms with Crippen molar-refractivity contribution in [3.05, 3.63) is 35.4 Å². The summed E-state index contributed by atoms with van der Waals surface area (Å²) in [4.78, 5) is 24.9. The van der Waals surface area contributed by atoms with Gasteiger partial charge in [-0.1, -0.05) is 24.6 Å². The first kappa shape index (κ1) is 15.2. The lowest BCUT2D eigenvalue weighted by atomic mass is 9.69. The second-order valence-corrected chi connectivity index (χ2v) is 5.38. The maximum absolute atomic E-state index is 12.5. The SMILES string of the molecule is CCOC(=O)[C@@]1(Cc2ccccc2C#N)CCCCC1=O. The van der Waals surface area contributed by atoms with Crippen LogP contribution in [-0.4, -0.2) is 18.4 Å². The minimum Gasteiger partial charge on any atom is -0.465 e. The van der Waals surface area contributed by atoms with Gasteiger partial charge >= 0.3 is 5.97 Å². The van der Waals surface area contributed by atoms with Crippen molar-refractivity contribution >= 4 is 11.8 Å². The zero-order chi connectivity index (χ0) is 15.3. The molecule has 2 rings (SSSR count). The third-order valence-corrected chi connectivity index (χ3v) is 4.09. The highest BCUT2D eigenvalue weighted by atomic mass is 16.5. The van der Waals surface area contributed by atoms with Crippen LogP contribution in [0.1, 0.15) is 43.7 Å². The molecule has 0 spiro atoms. The van der Waals surface area contributed by atoms with Gasteiger partial charge in [0.05, 0.1) is 18.2 Å². The van der Waals surface area contributed by atoms with Crippen LogP contribution in [0.5, 0.6) is 0 Å². The number of rotatable bonds is 4. The predicted octanol–water partition coefficient (Wildman–Crippen LogP) is 2.79. The number of Topliss-reactive ketones (excluding diaryl/α,β-unsaturated/α-hetero) is 1. The number of benzene rings is 1. The van der Waals surface area contributed by atoms with Gasteiger partial charge in [0.25, 0.3) is 0 Å². The summed E-state index contributed by atoms with van der Waals surface area (Å²) >= 11 is 0. The third kappa shape index (κ3) is 2.97. The van der Waals surface area contributed by atoms with Crippen LogP contribution >= 0.6 is 0 Å². The molecule has 4 heteroatoms. The summed E-state index contributed by atoms with van der Waals surface area (Å²) in [6.07, 6.45) is 2.82. The van der Waals surface area contributed by atoms with E-state index in [2.05, 4.69) is 6.07 Å². The maximum atomic E-state index is 12.5. The van der Waals surface area contributed by atoms with Gasteiger partial charge in [0.2, 0.25) is 0 Å². The van der Waals surface area contributed by atoms with Crippen LogP contribution in [0.2, 0.25) is 0 Å². The molecule has 1 aliphatic carbocycles. The second kappa shape index (κ2) is 6.53. The molecule has 1 aromatic carbocycles. The van der Waals surface area contributed by atoms with E-state index in [-0.39, 0.29) is 18.8 Å². The molecule has 0 bridgehead atoms. The minimum atomic E-state index is -1.11. The summed E-state index contributed by atoms with van der Waals surface area (Å²) in [5, 5.41) is 9.19. The van der Waals surface area contributed by atoms with Gasteiger partial charge in [0.15, 0.2) is 5.78 Å². The van der Waals surface area contributed by atoms with Crippen molar-refractivity contribution < 1.29 is 14.3 Å². The molecule has 1 fully saturated rings. The average Bonchev–Trinajstić information content (AvgIpc) is 2.50. The summed E-state index contributed by atoms with van der Waals surface area (Å²) in [7, 11) is 0. The summed E-state index contributed by atoms with van der Waals surface area (Å²) in [5.41, 5.74) is 0.143. The Bertz CT molecular complexity index is 588. The van der Waals surface area contributed by atoms with Gasteiger partial charge < -0.3 is 4.74 Å². The van der Waals surface area contributed by atoms with Crippen molar-refractivity contribution in [1.82, 2.24) is 0 Å². The van der Waals surface area contributed by atoms with Crippen molar-refractivity contribution in [3.8, 4) is 6.07 Å². The normalized spacial score (nSPS) is 21.6. The Morgan fingerprint density at radius 1 is 1.38 bits per heavy atom. The van der Waals surface area contributed by atoms with Gasteiger partial charge in [0.1, 0.15) is 5.41 Å². The van der Waals surface area contributed by atoms with Crippen molar-refractivity contribution in [2.24, 2.45) is 5.41 Å². The Balaban J connectivity index is 2.39. The maximum Gasteiger partial charge on any atom is 0.319 e. The number of nitrogens with zero attached hydrogens (tertiary/aromatic N) is 1. The number of ketones is 1. The van der Waals surface area contributed by atoms with Gasteiger partial charge in [0, 0.05) is 6.42 Å². The number of carbonyl (C=O) groups is 2. The Hall–Kier alpha value is -2.15. The van der Waals surface area contributed by atoms with Crippen molar-refractivity contribution in [3.63, 3.8) is 0 Å². The largest absolute Gasteiger partial charge is 0.465 e. The quantitative estimate of drug-likeness (QED) is 0.630. The van der Waals surface area contributed by atoms with E-state index in [1.165, 1.54) is 0 Å². The standard InChI is InChI=1S/C17H19NO3/c1-2-21-16(20)17(10-6-5-9-15(17)19)11-13-7-3-4-8-14(13)12-18/h3-4,7-8H,2,5-6,9-11H2,1H3/t17-/m1/s1. The van der Waals surface area contributed by atoms with Gasteiger partial charge in [-0.05, 0) is 37.8 Å². The fourth-order valence-corrected chi connectivity index (χ4v) is 2.94. The van der Waals surface area contributed by atoms with Crippen LogP contribution in [0, 0.1) is 16.7 Å². The van der Waals surface area contributed by atoms with Gasteiger partial charge in [-0.25, -0.2) is 0 Å². The molecule has 4 nitrogen and oxygen atoms in total. The molecular formula is C17H19NO3. The van der Waals surface area contributed by atoms with Crippen LogP contribution in [0.15, 0.2) is 24.3 Å². The Kier molecular flexibility index (Phi) is 4.74. The zero-order valence-electron chi connectivity index (χ0n) is 12.2. The van der Waals surface area contributed by atoms with Gasteiger partial charge in [-0.3, -0.25) is 9.59 Å². The van der Waals surface area contributed by atoms with E-state index in [0.29, 0.717) is 18.4 Å². The van der Waals surface area contributed by atoms with E-state index in [1.807, 2.05) is 6.07 Å². The molecule has 1 aliphatic rings. The summed E-state index contributed by atoms with van der Waals surface area (Å²) in [5.74, 6) is -0.498. The second-order valence-electron chi connectivity index (χ2n) is 5.38. The number of hydrogen-bond donors (Lipinski definition) is 0. The Morgan fingerprint density at radius 2 is 2.14 bits per heavy atom. The summed E-state index contributed by atoms with van der Waals surface area (Å²) in [6.45, 7) is 2.00. The molecule has 0 aliphatic heterocycles. The minimum absolute atomic E-state index is 0.0556. The molecule has 1 aromatic rings. The first-order valence-corrected chi connectivity index (χ1v) is 7.32. The van der Waals surface area contributed by atoms with E-state index in [4.69, 9.17) is 4.74 Å². The lowest BCUT2D eigenvalue weighted by Crippen LogP contribution is -2.44. The molecule has 0 N–H and O–H groups in total. The molecule has 0 amide bonds. The lowest BCUT2D eigenvalue weighted by Gasteiger charge is -2.33. The average molecular weight is 285 g/mol. The highest BCUT2D eigenvalue weighted by Crippen LogP contribution is 2.38. The summed E-state index contributed by atoms with van der Waals surface area (Å²) < 4.78 is 5.16. The fourth-order valence-electron chi connectivity index (χ4n) is 2.94. The van der Waals surface area contributed by atoms with Crippen molar-refractivity contribution in [2.45, 2.75) is 39.0 Å². The lowest BCUT2D eigenvalue weighted by molar-refractivity contribution is -0.162. The Labute approximate surface area is 124 Å². The number of ether oxygens (including phenoxy) is 1. The van der Waals surface area contributed by atoms with Crippen LogP contribution in [0.3, 0.4) is 0 Å². The third-order valence-electron chi connectivity index (χ3n) is 4.09. The highest BCUT2D eigenvalue weighted by Gasteiger charge is 2.48. The predicted molar refractivity (Wildman–Crippen MR) is 77.4 cm³/mol. The highest BCUT2D eigenvalue weighted by molar-refractivity contribution is 6.04. The molecule has 0 saturated heterocycles. The van der Waals surface area contributed by atoms with E-state index in [0.717, 1.165) is 18.4 Å². The topological polar surface area (TPSA) is 67.2 Å². The number of nitriles is 1. The van der Waals surface area contributed by atoms with Crippen molar-refractivity contribution in [1.29, 1.82) is 5.26 Å². The van der Waals surface area contributed by atoms with E-state index in [1.54, 1.807) is 25.1 Å². The van der Waals surface area contributed by atoms with E-state index < -0.39 is 11.4 Å². The molecule has 0 unspecified atom stereocenters. The van der Waals surface area contributed by atoms with Crippen LogP contribution in [0.4, 0.5) is 0 Å². The van der Waals surface area contributed by atoms with E-state index in [9.17, 15) is 14.9 Å². The van der Waals surface area contributed by atoms with Crippen LogP contribution in [0.25, 0.3) is 0 Å². The first-order valence-electron chi connectivity index (χ1n) is 7.32. The molecule has 1 saturated carbocycles. The molecule has 110 valence electrons. The number of hydrogen-bond acceptors (Lipinski definition) is 4. The molecule has 0 radical (unpaired) electrons. The smallest absolute Gasteiger partial charge is 0.319 e. The summed E-state index contributed by atoms with van der Waals surface area (Å²) in [6, 6.07) is 9.24. The number of esters is 1. The van der Waals surface area contributed by atoms with Gasteiger partial charge in [-0.2, -0.15) is 5.26 Å². The molecule has 1 atom stereocenters. The monoisotopic (exact) mass is 285 g/mol. The molecule has 0 heterocycles. The van der Waals surface area contributed by atoms with E-state index >= 15 is 0 Å². The molecule has 0 aromatic heterocycles. The molecular weight excluding hydrogens is 266 g/mol. The van der Waals surface area contributed by atoms with Crippen LogP contribution in [-0.2, 0) is 20.7 Å². The Morgan fingerprint density at radius 3 is 2.81 bits per heavy atom. The fraction of sp³-hybridized carbons (Fsp3) is 0.471. The van der Waals surface area contributed by atoms with Crippen molar-refractivity contribution in [2.75, 3.05) is 6.61 Å². The first-order chi connectivity index (χ1) is 10.1. The van der Waals surface area contributed by atoms with Gasteiger partial charge in [-0.15, -0.1) is 0 Å². The van der Waals surface area contributed by atoms with Crippen LogP contribution < -0.4 is 0 Å². The number of carbonyl (C=O) groups excluding carboxylic acids is 2. The zero-order valence-corrected chi connectivity index (χ0v) is 12.2. The molecule has 21 heavy (non-hydrogen) atoms.